The molecular weight excluding hydrogens is 642 g/mol. The van der Waals surface area contributed by atoms with E-state index in [-0.39, 0.29) is 87.6 Å². The van der Waals surface area contributed by atoms with E-state index in [0.29, 0.717) is 28.5 Å². The Balaban J connectivity index is -0.000000565. The molecule has 0 atom stereocenters. The number of rotatable bonds is 2. The van der Waals surface area contributed by atoms with Gasteiger partial charge in [-0.05, 0) is 110 Å². The van der Waals surface area contributed by atoms with Gasteiger partial charge in [0, 0.05) is 17.8 Å². The summed E-state index contributed by atoms with van der Waals surface area (Å²) in [5, 5.41) is 70.1. The number of diazo groups is 1. The van der Waals surface area contributed by atoms with Crippen molar-refractivity contribution < 1.29 is 90.1 Å². The minimum Gasteiger partial charge on any atom is -0.870 e. The molecular formula is C32H33N6Na2O8+. The number of nitrogen functional groups attached to an aromatic ring is 1. The number of para-hydroxylation sites is 1. The van der Waals surface area contributed by atoms with Crippen LogP contribution in [0.3, 0.4) is 0 Å². The topological polar surface area (TPSA) is 263 Å². The molecule has 0 heterocycles. The van der Waals surface area contributed by atoms with Crippen molar-refractivity contribution in [2.24, 2.45) is 15.6 Å². The number of benzene rings is 5. The number of aromatic hydroxyl groups is 5. The van der Waals surface area contributed by atoms with E-state index in [9.17, 15) is 5.11 Å². The predicted molar refractivity (Wildman–Crippen MR) is 174 cm³/mol. The minimum absolute atomic E-state index is 0. The van der Waals surface area contributed by atoms with E-state index in [1.165, 1.54) is 24.3 Å². The second kappa shape index (κ2) is 27.4. The van der Waals surface area contributed by atoms with Crippen LogP contribution in [0.1, 0.15) is 11.1 Å². The second-order valence-corrected chi connectivity index (χ2v) is 8.76. The summed E-state index contributed by atoms with van der Waals surface area (Å²) >= 11 is 0. The molecule has 5 aromatic carbocycles. The van der Waals surface area contributed by atoms with Crippen LogP contribution in [-0.2, 0) is 0 Å². The van der Waals surface area contributed by atoms with Gasteiger partial charge in [0.25, 0.3) is 0 Å². The van der Waals surface area contributed by atoms with Gasteiger partial charge in [0.15, 0.2) is 4.98 Å². The van der Waals surface area contributed by atoms with Crippen LogP contribution in [-0.4, -0.2) is 31.0 Å². The van der Waals surface area contributed by atoms with Gasteiger partial charge in [0.2, 0.25) is 5.39 Å². The van der Waals surface area contributed by atoms with Crippen molar-refractivity contribution in [3.05, 3.63) is 141 Å². The molecule has 8 N–H and O–H groups in total. The van der Waals surface area contributed by atoms with Gasteiger partial charge in [-0.3, -0.25) is 0 Å². The number of azo groups is 1. The van der Waals surface area contributed by atoms with Gasteiger partial charge >= 0.3 is 64.8 Å². The molecule has 0 saturated heterocycles. The first kappa shape index (κ1) is 47.7. The van der Waals surface area contributed by atoms with E-state index >= 15 is 0 Å². The van der Waals surface area contributed by atoms with E-state index < -0.39 is 0 Å². The van der Waals surface area contributed by atoms with Crippen molar-refractivity contribution >= 4 is 22.7 Å². The van der Waals surface area contributed by atoms with E-state index in [4.69, 9.17) is 41.7 Å². The fourth-order valence-corrected chi connectivity index (χ4v) is 2.89. The summed E-state index contributed by atoms with van der Waals surface area (Å²) in [6.07, 6.45) is 0. The summed E-state index contributed by atoms with van der Waals surface area (Å²) in [5.41, 5.74) is 9.44. The van der Waals surface area contributed by atoms with E-state index in [2.05, 4.69) is 15.2 Å². The van der Waals surface area contributed by atoms with Crippen LogP contribution < -0.4 is 64.8 Å². The van der Waals surface area contributed by atoms with Crippen molar-refractivity contribution in [1.29, 1.82) is 5.39 Å². The van der Waals surface area contributed by atoms with Gasteiger partial charge in [-0.15, -0.1) is 5.34 Å². The summed E-state index contributed by atoms with van der Waals surface area (Å²) in [6.45, 7) is 3.67. The van der Waals surface area contributed by atoms with Gasteiger partial charge in [-0.2, -0.15) is 10.2 Å². The van der Waals surface area contributed by atoms with Crippen LogP contribution in [0.2, 0.25) is 0 Å². The van der Waals surface area contributed by atoms with E-state index in [1.54, 1.807) is 79.7 Å². The number of aryl methyl sites for hydroxylation is 2. The second-order valence-electron chi connectivity index (χ2n) is 8.76. The van der Waals surface area contributed by atoms with Gasteiger partial charge in [-0.1, -0.05) is 18.2 Å². The molecule has 0 radical (unpaired) electrons. The van der Waals surface area contributed by atoms with Crippen molar-refractivity contribution in [2.45, 2.75) is 13.8 Å². The third kappa shape index (κ3) is 21.1. The van der Waals surface area contributed by atoms with Gasteiger partial charge < -0.3 is 46.9 Å². The predicted octanol–water partition coefficient (Wildman–Crippen LogP) is 2.46. The zero-order valence-corrected chi connectivity index (χ0v) is 30.8. The zero-order chi connectivity index (χ0) is 33.6. The number of hydrogen-bond donors (Lipinski definition) is 6. The summed E-state index contributed by atoms with van der Waals surface area (Å²) in [5.74, 6) is 1.23. The molecule has 0 aromatic heterocycles. The molecule has 14 nitrogen and oxygen atoms in total. The largest absolute Gasteiger partial charge is 1.00 e. The number of phenolic OH excluding ortho intramolecular Hbond substituents is 5. The maximum atomic E-state index is 9.36. The molecule has 240 valence electrons. The number of phenols is 5. The van der Waals surface area contributed by atoms with Gasteiger partial charge in [0.05, 0.1) is 11.4 Å². The smallest absolute Gasteiger partial charge is 0.870 e. The normalized spacial score (nSPS) is 8.69. The SMILES string of the molecule is Cc1cc(N=Nc2ccc(O)cc2)ccc1O.Cc1ccccc1O.N#[N+]c1ccc(O)cc1.Nc1ccc(O)cc1.O=N[O-].[Na+].[Na+].[OH-]. The molecule has 5 aromatic rings. The quantitative estimate of drug-likeness (QED) is 0.0303. The van der Waals surface area contributed by atoms with E-state index in [1.807, 2.05) is 25.1 Å². The average molecular weight is 676 g/mol. The Bertz CT molecular complexity index is 1630. The molecule has 0 aliphatic carbocycles. The van der Waals surface area contributed by atoms with Crippen LogP contribution in [0.4, 0.5) is 22.7 Å². The third-order valence-electron chi connectivity index (χ3n) is 5.28. The molecule has 0 unspecified atom stereocenters. The van der Waals surface area contributed by atoms with Crippen LogP contribution in [0.15, 0.2) is 131 Å². The Hall–Kier alpha value is -4.72. The Morgan fingerprint density at radius 2 is 1.02 bits per heavy atom. The molecule has 5 rings (SSSR count). The molecule has 0 aliphatic rings. The molecule has 0 fully saturated rings. The molecule has 16 heteroatoms. The molecule has 0 amide bonds. The molecule has 0 spiro atoms. The Labute approximate surface area is 321 Å². The first-order valence-corrected chi connectivity index (χ1v) is 12.9. The summed E-state index contributed by atoms with van der Waals surface area (Å²) in [4.78, 5) is 10.9. The third-order valence-corrected chi connectivity index (χ3v) is 5.28. The van der Waals surface area contributed by atoms with Crippen LogP contribution in [0.5, 0.6) is 28.7 Å². The first-order valence-electron chi connectivity index (χ1n) is 12.9. The van der Waals surface area contributed by atoms with Crippen molar-refractivity contribution in [3.8, 4) is 28.7 Å². The average Bonchev–Trinajstić information content (AvgIpc) is 3.03. The van der Waals surface area contributed by atoms with Crippen molar-refractivity contribution in [2.75, 3.05) is 5.73 Å². The number of hydrogen-bond acceptors (Lipinski definition) is 13. The fraction of sp³-hybridized carbons (Fsp3) is 0.0625. The van der Waals surface area contributed by atoms with Crippen molar-refractivity contribution in [3.63, 3.8) is 0 Å². The fourth-order valence-electron chi connectivity index (χ4n) is 2.89. The monoisotopic (exact) mass is 675 g/mol. The van der Waals surface area contributed by atoms with Gasteiger partial charge in [0.1, 0.15) is 28.7 Å². The van der Waals surface area contributed by atoms with Crippen molar-refractivity contribution in [1.82, 2.24) is 0 Å². The van der Waals surface area contributed by atoms with Crippen LogP contribution >= 0.6 is 0 Å². The van der Waals surface area contributed by atoms with Crippen LogP contribution in [0.25, 0.3) is 4.98 Å². The Morgan fingerprint density at radius 1 is 0.625 bits per heavy atom. The minimum atomic E-state index is 0. The standard InChI is InChI=1S/C13H12N2O2.C7H8O.C6H4N2O.C6H7NO.HNO2.2Na.H2O/c1-9-8-11(4-7-13(9)17)15-14-10-2-5-12(16)6-3-10;1-6-4-2-3-5-7(6)8;7-8-5-1-3-6(9)4-2-5;7-5-1-3-6(8)4-2-5;2-1-3;;;/h2-8,16-17H,1H3;2-5,8H,1H3;1-4H;1-4,8H,7H2;(H,2,3);;;1H2/q;;;;;2*+1;/p-1. The molecule has 48 heavy (non-hydrogen) atoms. The number of nitrogens with two attached hydrogens (primary N) is 1. The first-order chi connectivity index (χ1) is 21.5. The molecule has 0 aliphatic heterocycles. The van der Waals surface area contributed by atoms with E-state index in [0.717, 1.165) is 16.5 Å². The number of anilines is 1. The molecule has 0 saturated carbocycles. The Morgan fingerprint density at radius 3 is 1.42 bits per heavy atom. The maximum absolute atomic E-state index is 9.36. The summed E-state index contributed by atoms with van der Waals surface area (Å²) in [6, 6.07) is 31.0. The summed E-state index contributed by atoms with van der Waals surface area (Å²) in [7, 11) is 0. The zero-order valence-electron chi connectivity index (χ0n) is 26.8. The number of nitrogens with zero attached hydrogens (tertiary/aromatic N) is 5. The van der Waals surface area contributed by atoms with Gasteiger partial charge in [-0.25, -0.2) is 0 Å². The Kier molecular flexibility index (Phi) is 27.2. The maximum Gasteiger partial charge on any atom is 1.00 e. The summed E-state index contributed by atoms with van der Waals surface area (Å²) < 4.78 is 0. The van der Waals surface area contributed by atoms with Crippen LogP contribution in [0, 0.1) is 29.4 Å². The molecule has 0 bridgehead atoms.